The van der Waals surface area contributed by atoms with Crippen LogP contribution in [-0.4, -0.2) is 14.5 Å². The smallest absolute Gasteiger partial charge is 0.234 e. The van der Waals surface area contributed by atoms with E-state index in [1.807, 2.05) is 12.1 Å². The third-order valence-corrected chi connectivity index (χ3v) is 4.13. The quantitative estimate of drug-likeness (QED) is 0.551. The SMILES string of the molecule is c1cnc(-n2c(-c3cccs3)cc3ccccc32)nc1. The molecule has 0 aliphatic rings. The maximum absolute atomic E-state index is 4.40. The van der Waals surface area contributed by atoms with Crippen molar-refractivity contribution in [2.75, 3.05) is 0 Å². The monoisotopic (exact) mass is 277 g/mol. The average Bonchev–Trinajstić information content (AvgIpc) is 3.15. The van der Waals surface area contributed by atoms with Crippen molar-refractivity contribution in [1.82, 2.24) is 14.5 Å². The molecule has 0 aliphatic heterocycles. The van der Waals surface area contributed by atoms with Crippen LogP contribution in [0.15, 0.2) is 66.3 Å². The Morgan fingerprint density at radius 2 is 1.75 bits per heavy atom. The van der Waals surface area contributed by atoms with Gasteiger partial charge in [0.2, 0.25) is 5.95 Å². The second kappa shape index (κ2) is 4.58. The van der Waals surface area contributed by atoms with E-state index in [4.69, 9.17) is 0 Å². The summed E-state index contributed by atoms with van der Waals surface area (Å²) in [5, 5.41) is 3.28. The van der Waals surface area contributed by atoms with Crippen LogP contribution in [0.2, 0.25) is 0 Å². The predicted molar refractivity (Wildman–Crippen MR) is 82.2 cm³/mol. The topological polar surface area (TPSA) is 30.7 Å². The Morgan fingerprint density at radius 3 is 2.55 bits per heavy atom. The van der Waals surface area contributed by atoms with Crippen molar-refractivity contribution in [2.24, 2.45) is 0 Å². The van der Waals surface area contributed by atoms with Crippen molar-refractivity contribution < 1.29 is 0 Å². The molecule has 0 N–H and O–H groups in total. The van der Waals surface area contributed by atoms with E-state index in [1.54, 1.807) is 23.7 Å². The molecular weight excluding hydrogens is 266 g/mol. The van der Waals surface area contributed by atoms with Crippen LogP contribution in [0.5, 0.6) is 0 Å². The predicted octanol–water partition coefficient (Wildman–Crippen LogP) is 4.15. The van der Waals surface area contributed by atoms with Gasteiger partial charge in [0.15, 0.2) is 0 Å². The lowest BCUT2D eigenvalue weighted by Crippen LogP contribution is -2.01. The molecule has 4 heteroatoms. The zero-order chi connectivity index (χ0) is 13.4. The third-order valence-electron chi connectivity index (χ3n) is 3.24. The summed E-state index contributed by atoms with van der Waals surface area (Å²) < 4.78 is 2.11. The molecule has 96 valence electrons. The Morgan fingerprint density at radius 1 is 0.900 bits per heavy atom. The number of para-hydroxylation sites is 1. The fourth-order valence-corrected chi connectivity index (χ4v) is 3.11. The summed E-state index contributed by atoms with van der Waals surface area (Å²) >= 11 is 1.72. The van der Waals surface area contributed by atoms with Crippen molar-refractivity contribution in [3.63, 3.8) is 0 Å². The molecule has 0 radical (unpaired) electrons. The molecule has 20 heavy (non-hydrogen) atoms. The fourth-order valence-electron chi connectivity index (χ4n) is 2.38. The summed E-state index contributed by atoms with van der Waals surface area (Å²) in [5.74, 6) is 0.706. The summed E-state index contributed by atoms with van der Waals surface area (Å²) in [4.78, 5) is 10.0. The first-order valence-corrected chi connectivity index (χ1v) is 7.23. The molecule has 3 nitrogen and oxygen atoms in total. The van der Waals surface area contributed by atoms with E-state index in [0.29, 0.717) is 5.95 Å². The Bertz CT molecular complexity index is 848. The van der Waals surface area contributed by atoms with Crippen molar-refractivity contribution in [3.05, 3.63) is 66.3 Å². The minimum Gasteiger partial charge on any atom is -0.277 e. The normalized spacial score (nSPS) is 11.0. The van der Waals surface area contributed by atoms with Crippen LogP contribution in [0.4, 0.5) is 0 Å². The van der Waals surface area contributed by atoms with Crippen LogP contribution in [0.1, 0.15) is 0 Å². The third kappa shape index (κ3) is 1.73. The maximum Gasteiger partial charge on any atom is 0.234 e. The minimum atomic E-state index is 0.706. The van der Waals surface area contributed by atoms with Crippen molar-refractivity contribution in [3.8, 4) is 16.5 Å². The summed E-state index contributed by atoms with van der Waals surface area (Å²) in [5.41, 5.74) is 2.26. The number of nitrogens with zero attached hydrogens (tertiary/aromatic N) is 3. The van der Waals surface area contributed by atoms with Gasteiger partial charge >= 0.3 is 0 Å². The Hall–Kier alpha value is -2.46. The first-order valence-electron chi connectivity index (χ1n) is 6.35. The number of benzene rings is 1. The Kier molecular flexibility index (Phi) is 2.60. The lowest BCUT2D eigenvalue weighted by atomic mass is 10.2. The molecule has 0 saturated heterocycles. The maximum atomic E-state index is 4.40. The molecule has 0 atom stereocenters. The summed E-state index contributed by atoms with van der Waals surface area (Å²) in [6, 6.07) is 16.5. The Balaban J connectivity index is 2.09. The van der Waals surface area contributed by atoms with Crippen LogP contribution < -0.4 is 0 Å². The summed E-state index contributed by atoms with van der Waals surface area (Å²) in [6.45, 7) is 0. The van der Waals surface area contributed by atoms with Gasteiger partial charge in [0.1, 0.15) is 0 Å². The van der Waals surface area contributed by atoms with E-state index in [1.165, 1.54) is 10.3 Å². The van der Waals surface area contributed by atoms with Gasteiger partial charge in [-0.2, -0.15) is 0 Å². The van der Waals surface area contributed by atoms with Gasteiger partial charge in [-0.3, -0.25) is 4.57 Å². The van der Waals surface area contributed by atoms with Gasteiger partial charge in [0.05, 0.1) is 16.1 Å². The van der Waals surface area contributed by atoms with Crippen LogP contribution in [0, 0.1) is 0 Å². The zero-order valence-electron chi connectivity index (χ0n) is 10.6. The lowest BCUT2D eigenvalue weighted by Gasteiger charge is -2.07. The number of hydrogen-bond acceptors (Lipinski definition) is 3. The second-order valence-corrected chi connectivity index (χ2v) is 5.40. The van der Waals surface area contributed by atoms with E-state index < -0.39 is 0 Å². The molecule has 4 rings (SSSR count). The number of rotatable bonds is 2. The summed E-state index contributed by atoms with van der Waals surface area (Å²) in [7, 11) is 0. The highest BCUT2D eigenvalue weighted by atomic mass is 32.1. The first-order chi connectivity index (χ1) is 9.93. The van der Waals surface area contributed by atoms with Gasteiger partial charge in [0.25, 0.3) is 0 Å². The number of hydrogen-bond donors (Lipinski definition) is 0. The highest BCUT2D eigenvalue weighted by molar-refractivity contribution is 7.13. The van der Waals surface area contributed by atoms with Gasteiger partial charge in [0, 0.05) is 17.8 Å². The highest BCUT2D eigenvalue weighted by Gasteiger charge is 2.13. The van der Waals surface area contributed by atoms with E-state index in [-0.39, 0.29) is 0 Å². The number of thiophene rings is 1. The van der Waals surface area contributed by atoms with Crippen LogP contribution in [0.3, 0.4) is 0 Å². The standard InChI is InChI=1S/C16H11N3S/c1-2-6-13-12(5-1)11-14(15-7-3-10-20-15)19(13)16-17-8-4-9-18-16/h1-11H. The highest BCUT2D eigenvalue weighted by Crippen LogP contribution is 2.32. The summed E-state index contributed by atoms with van der Waals surface area (Å²) in [6.07, 6.45) is 3.55. The molecule has 0 saturated carbocycles. The van der Waals surface area contributed by atoms with Gasteiger partial charge in [-0.1, -0.05) is 24.3 Å². The molecule has 1 aromatic carbocycles. The van der Waals surface area contributed by atoms with Crippen LogP contribution >= 0.6 is 11.3 Å². The molecular formula is C16H11N3S. The van der Waals surface area contributed by atoms with Crippen LogP contribution in [0.25, 0.3) is 27.4 Å². The zero-order valence-corrected chi connectivity index (χ0v) is 11.4. The first kappa shape index (κ1) is 11.4. The van der Waals surface area contributed by atoms with Gasteiger partial charge in [-0.15, -0.1) is 11.3 Å². The van der Waals surface area contributed by atoms with Crippen LogP contribution in [-0.2, 0) is 0 Å². The van der Waals surface area contributed by atoms with Crippen molar-refractivity contribution >= 4 is 22.2 Å². The molecule has 4 aromatic rings. The van der Waals surface area contributed by atoms with Gasteiger partial charge in [-0.25, -0.2) is 9.97 Å². The molecule has 0 unspecified atom stereocenters. The molecule has 3 aromatic heterocycles. The van der Waals surface area contributed by atoms with Crippen molar-refractivity contribution in [1.29, 1.82) is 0 Å². The molecule has 0 bridgehead atoms. The number of fused-ring (bicyclic) bond motifs is 1. The van der Waals surface area contributed by atoms with Gasteiger partial charge < -0.3 is 0 Å². The van der Waals surface area contributed by atoms with E-state index >= 15 is 0 Å². The van der Waals surface area contributed by atoms with E-state index in [9.17, 15) is 0 Å². The molecule has 0 aliphatic carbocycles. The average molecular weight is 277 g/mol. The minimum absolute atomic E-state index is 0.706. The largest absolute Gasteiger partial charge is 0.277 e. The Labute approximate surface area is 120 Å². The molecule has 0 spiro atoms. The fraction of sp³-hybridized carbons (Fsp3) is 0. The molecule has 3 heterocycles. The number of aromatic nitrogens is 3. The van der Waals surface area contributed by atoms with E-state index in [2.05, 4.69) is 56.3 Å². The van der Waals surface area contributed by atoms with Gasteiger partial charge in [-0.05, 0) is 29.6 Å². The second-order valence-electron chi connectivity index (χ2n) is 4.45. The lowest BCUT2D eigenvalue weighted by molar-refractivity contribution is 0.969. The molecule has 0 amide bonds. The van der Waals surface area contributed by atoms with E-state index in [0.717, 1.165) is 11.2 Å². The van der Waals surface area contributed by atoms with Crippen molar-refractivity contribution in [2.45, 2.75) is 0 Å². The molecule has 0 fully saturated rings.